The standard InChI is InChI=1S/C23H20O7/c1-25-12-27-15-9-11-22-20-13(15)4-3-5-17(20)28-23(30-22)10-8-14(24)19-16(26-2)6-7-18(29-22)21(19)23/h3-8,10,15H,9,11-12H2,1-2H3/t15-,22+,23+/m0/s1. The third-order valence-electron chi connectivity index (χ3n) is 6.16. The van der Waals surface area contributed by atoms with Crippen LogP contribution in [0.1, 0.15) is 46.0 Å². The number of hydrogen-bond donors (Lipinski definition) is 0. The Bertz CT molecular complexity index is 1110. The number of hydrogen-bond acceptors (Lipinski definition) is 7. The zero-order valence-corrected chi connectivity index (χ0v) is 16.6. The molecule has 0 aromatic heterocycles. The molecular weight excluding hydrogens is 388 g/mol. The largest absolute Gasteiger partial charge is 0.496 e. The third kappa shape index (κ3) is 2.17. The van der Waals surface area contributed by atoms with Crippen LogP contribution in [0.2, 0.25) is 0 Å². The molecule has 3 atom stereocenters. The van der Waals surface area contributed by atoms with E-state index in [9.17, 15) is 4.79 Å². The summed E-state index contributed by atoms with van der Waals surface area (Å²) in [7, 11) is 3.14. The zero-order chi connectivity index (χ0) is 20.5. The molecule has 0 amide bonds. The highest BCUT2D eigenvalue weighted by Crippen LogP contribution is 2.61. The molecule has 7 heteroatoms. The lowest BCUT2D eigenvalue weighted by atomic mass is 9.79. The molecule has 0 saturated carbocycles. The van der Waals surface area contributed by atoms with Crippen molar-refractivity contribution in [1.29, 1.82) is 0 Å². The fourth-order valence-electron chi connectivity index (χ4n) is 5.00. The van der Waals surface area contributed by atoms with Crippen molar-refractivity contribution in [1.82, 2.24) is 0 Å². The molecular formula is C23H20O7. The van der Waals surface area contributed by atoms with Crippen LogP contribution in [-0.2, 0) is 25.8 Å². The van der Waals surface area contributed by atoms with Crippen molar-refractivity contribution in [2.24, 2.45) is 0 Å². The maximum Gasteiger partial charge on any atom is 0.265 e. The minimum absolute atomic E-state index is 0.147. The lowest BCUT2D eigenvalue weighted by Gasteiger charge is -2.54. The Hall–Kier alpha value is -2.87. The number of carbonyl (C=O) groups excluding carboxylic acids is 1. The molecule has 0 fully saturated rings. The minimum atomic E-state index is -1.25. The number of carbonyl (C=O) groups is 1. The topological polar surface area (TPSA) is 72.5 Å². The number of benzene rings is 2. The van der Waals surface area contributed by atoms with Crippen molar-refractivity contribution < 1.29 is 33.2 Å². The zero-order valence-electron chi connectivity index (χ0n) is 16.6. The molecule has 2 heterocycles. The molecule has 2 aromatic rings. The van der Waals surface area contributed by atoms with E-state index in [1.807, 2.05) is 24.3 Å². The maximum atomic E-state index is 12.7. The average Bonchev–Trinajstić information content (AvgIpc) is 2.76. The predicted octanol–water partition coefficient (Wildman–Crippen LogP) is 3.71. The summed E-state index contributed by atoms with van der Waals surface area (Å²) in [5.74, 6) is -0.769. The summed E-state index contributed by atoms with van der Waals surface area (Å²) in [5.41, 5.74) is 2.74. The molecule has 2 aliphatic heterocycles. The van der Waals surface area contributed by atoms with Crippen LogP contribution in [0, 0.1) is 0 Å². The smallest absolute Gasteiger partial charge is 0.265 e. The molecule has 154 valence electrons. The van der Waals surface area contributed by atoms with Crippen molar-refractivity contribution in [3.8, 4) is 17.2 Å². The van der Waals surface area contributed by atoms with Gasteiger partial charge in [-0.2, -0.15) is 0 Å². The summed E-state index contributed by atoms with van der Waals surface area (Å²) in [5, 5.41) is 0. The van der Waals surface area contributed by atoms with Gasteiger partial charge in [-0.3, -0.25) is 9.53 Å². The Labute approximate surface area is 173 Å². The van der Waals surface area contributed by atoms with Crippen LogP contribution in [0.5, 0.6) is 17.2 Å². The van der Waals surface area contributed by atoms with E-state index >= 15 is 0 Å². The molecule has 2 bridgehead atoms. The molecule has 2 aliphatic carbocycles. The first-order valence-corrected chi connectivity index (χ1v) is 9.88. The molecule has 30 heavy (non-hydrogen) atoms. The van der Waals surface area contributed by atoms with Crippen molar-refractivity contribution in [2.75, 3.05) is 21.0 Å². The Kier molecular flexibility index (Phi) is 3.63. The Morgan fingerprint density at radius 2 is 1.97 bits per heavy atom. The highest BCUT2D eigenvalue weighted by molar-refractivity contribution is 6.10. The molecule has 7 nitrogen and oxygen atoms in total. The molecule has 2 aromatic carbocycles. The third-order valence-corrected chi connectivity index (χ3v) is 6.16. The predicted molar refractivity (Wildman–Crippen MR) is 104 cm³/mol. The fraction of sp³-hybridized carbons (Fsp3) is 0.348. The van der Waals surface area contributed by atoms with Gasteiger partial charge in [0.1, 0.15) is 24.0 Å². The number of methoxy groups -OCH3 is 2. The van der Waals surface area contributed by atoms with Gasteiger partial charge in [-0.1, -0.05) is 12.1 Å². The number of ketones is 1. The van der Waals surface area contributed by atoms with Gasteiger partial charge in [0.15, 0.2) is 5.78 Å². The molecule has 0 saturated heterocycles. The second kappa shape index (κ2) is 6.07. The van der Waals surface area contributed by atoms with Gasteiger partial charge in [-0.25, -0.2) is 0 Å². The highest BCUT2D eigenvalue weighted by atomic mass is 16.8. The first kappa shape index (κ1) is 17.9. The van der Waals surface area contributed by atoms with E-state index in [4.69, 9.17) is 28.4 Å². The molecule has 6 rings (SSSR count). The van der Waals surface area contributed by atoms with Crippen molar-refractivity contribution in [3.05, 3.63) is 64.7 Å². The summed E-state index contributed by atoms with van der Waals surface area (Å²) < 4.78 is 36.0. The second-order valence-electron chi connectivity index (χ2n) is 7.76. The van der Waals surface area contributed by atoms with E-state index in [1.165, 1.54) is 13.2 Å². The van der Waals surface area contributed by atoms with E-state index in [0.717, 1.165) is 11.1 Å². The monoisotopic (exact) mass is 408 g/mol. The Balaban J connectivity index is 1.57. The first-order chi connectivity index (χ1) is 14.6. The number of rotatable bonds is 4. The summed E-state index contributed by atoms with van der Waals surface area (Å²) in [4.78, 5) is 12.7. The summed E-state index contributed by atoms with van der Waals surface area (Å²) in [6, 6.07) is 9.39. The van der Waals surface area contributed by atoms with Gasteiger partial charge >= 0.3 is 0 Å². The van der Waals surface area contributed by atoms with Crippen LogP contribution < -0.4 is 14.2 Å². The van der Waals surface area contributed by atoms with Crippen LogP contribution in [0.3, 0.4) is 0 Å². The normalized spacial score (nSPS) is 29.4. The van der Waals surface area contributed by atoms with Crippen LogP contribution in [0.25, 0.3) is 0 Å². The SMILES string of the molecule is COCO[C@H]1CC[C@]23Oc4ccc(OC)c5c4[C@](C=CC5=O)(Oc4cccc1c42)O3. The van der Waals surface area contributed by atoms with Crippen molar-refractivity contribution in [3.63, 3.8) is 0 Å². The Morgan fingerprint density at radius 1 is 1.10 bits per heavy atom. The molecule has 0 N–H and O–H groups in total. The lowest BCUT2D eigenvalue weighted by Crippen LogP contribution is -2.57. The van der Waals surface area contributed by atoms with Crippen LogP contribution in [0.15, 0.2) is 42.5 Å². The summed E-state index contributed by atoms with van der Waals surface area (Å²) >= 11 is 0. The number of ether oxygens (including phenoxy) is 6. The minimum Gasteiger partial charge on any atom is -0.496 e. The van der Waals surface area contributed by atoms with Crippen molar-refractivity contribution in [2.45, 2.75) is 30.5 Å². The van der Waals surface area contributed by atoms with Gasteiger partial charge < -0.3 is 23.7 Å². The van der Waals surface area contributed by atoms with E-state index in [1.54, 1.807) is 19.3 Å². The Morgan fingerprint density at radius 3 is 2.80 bits per heavy atom. The van der Waals surface area contributed by atoms with Gasteiger partial charge in [0.25, 0.3) is 5.79 Å². The van der Waals surface area contributed by atoms with Gasteiger partial charge in [-0.05, 0) is 42.3 Å². The van der Waals surface area contributed by atoms with Gasteiger partial charge in [0.2, 0.25) is 5.79 Å². The van der Waals surface area contributed by atoms with Gasteiger partial charge in [0, 0.05) is 13.5 Å². The molecule has 0 radical (unpaired) electrons. The summed E-state index contributed by atoms with van der Waals surface area (Å²) in [6.45, 7) is 0.199. The van der Waals surface area contributed by atoms with E-state index in [2.05, 4.69) is 0 Å². The number of allylic oxidation sites excluding steroid dienone is 1. The molecule has 2 spiro atoms. The van der Waals surface area contributed by atoms with Gasteiger partial charge in [-0.15, -0.1) is 0 Å². The van der Waals surface area contributed by atoms with Crippen LogP contribution in [-0.4, -0.2) is 26.8 Å². The van der Waals surface area contributed by atoms with E-state index < -0.39 is 11.6 Å². The highest BCUT2D eigenvalue weighted by Gasteiger charge is 2.61. The molecule has 4 aliphatic rings. The first-order valence-electron chi connectivity index (χ1n) is 9.88. The summed E-state index contributed by atoms with van der Waals surface area (Å²) in [6.07, 6.45) is 4.27. The quantitative estimate of drug-likeness (QED) is 0.714. The second-order valence-corrected chi connectivity index (χ2v) is 7.76. The maximum absolute atomic E-state index is 12.7. The average molecular weight is 408 g/mol. The van der Waals surface area contributed by atoms with Crippen LogP contribution >= 0.6 is 0 Å². The fourth-order valence-corrected chi connectivity index (χ4v) is 5.00. The van der Waals surface area contributed by atoms with E-state index in [0.29, 0.717) is 41.2 Å². The van der Waals surface area contributed by atoms with Gasteiger partial charge in [0.05, 0.1) is 29.9 Å². The van der Waals surface area contributed by atoms with E-state index in [-0.39, 0.29) is 18.7 Å². The van der Waals surface area contributed by atoms with Crippen molar-refractivity contribution >= 4 is 5.78 Å². The molecule has 0 unspecified atom stereocenters. The van der Waals surface area contributed by atoms with Crippen LogP contribution in [0.4, 0.5) is 0 Å². The lowest BCUT2D eigenvalue weighted by molar-refractivity contribution is -0.346.